The molecule has 3 N–H and O–H groups in total. The first-order valence-corrected chi connectivity index (χ1v) is 5.92. The first-order valence-electron chi connectivity index (χ1n) is 2.74. The molecule has 0 fully saturated rings. The fourth-order valence-corrected chi connectivity index (χ4v) is 2.22. The summed E-state index contributed by atoms with van der Waals surface area (Å²) in [6, 6.07) is 0. The number of rotatable bonds is 3. The van der Waals surface area contributed by atoms with Crippen molar-refractivity contribution in [2.75, 3.05) is 0 Å². The third-order valence-corrected chi connectivity index (χ3v) is 3.97. The van der Waals surface area contributed by atoms with E-state index < -0.39 is 21.1 Å². The van der Waals surface area contributed by atoms with Gasteiger partial charge in [-0.1, -0.05) is 13.8 Å². The zero-order chi connectivity index (χ0) is 9.28. The number of phosphoric acid groups is 1. The fraction of sp³-hybridized carbons (Fsp3) is 1.00. The van der Waals surface area contributed by atoms with Gasteiger partial charge in [0.25, 0.3) is 0 Å². The van der Waals surface area contributed by atoms with Crippen LogP contribution in [-0.4, -0.2) is 20.3 Å². The molecule has 6 nitrogen and oxygen atoms in total. The molecule has 0 aromatic carbocycles. The van der Waals surface area contributed by atoms with E-state index in [9.17, 15) is 9.13 Å². The van der Waals surface area contributed by atoms with Crippen LogP contribution in [0.3, 0.4) is 0 Å². The lowest BCUT2D eigenvalue weighted by Crippen LogP contribution is -1.99. The lowest BCUT2D eigenvalue weighted by Gasteiger charge is -2.14. The lowest BCUT2D eigenvalue weighted by atomic mass is 10.6. The molecule has 0 saturated carbocycles. The number of hydrogen-bond donors (Lipinski definition) is 3. The van der Waals surface area contributed by atoms with E-state index in [4.69, 9.17) is 14.7 Å². The van der Waals surface area contributed by atoms with E-state index in [-0.39, 0.29) is 0 Å². The summed E-state index contributed by atoms with van der Waals surface area (Å²) < 4.78 is 24.5. The van der Waals surface area contributed by atoms with Crippen LogP contribution < -0.4 is 0 Å². The predicted octanol–water partition coefficient (Wildman–Crippen LogP) is 0.689. The largest absolute Gasteiger partial charge is 0.476 e. The molecule has 8 heteroatoms. The molecule has 0 aromatic rings. The summed E-state index contributed by atoms with van der Waals surface area (Å²) in [5.41, 5.74) is -0.824. The molecule has 0 bridgehead atoms. The summed E-state index contributed by atoms with van der Waals surface area (Å²) in [6.07, 6.45) is 0. The van der Waals surface area contributed by atoms with Crippen molar-refractivity contribution in [1.29, 1.82) is 0 Å². The van der Waals surface area contributed by atoms with Crippen LogP contribution in [0.4, 0.5) is 0 Å². The molecule has 0 rings (SSSR count). The normalized spacial score (nSPS) is 18.4. The summed E-state index contributed by atoms with van der Waals surface area (Å²) >= 11 is 0. The average molecular weight is 204 g/mol. The Morgan fingerprint density at radius 1 is 1.18 bits per heavy atom. The zero-order valence-electron chi connectivity index (χ0n) is 6.04. The minimum atomic E-state index is -4.85. The maximum Gasteiger partial charge on any atom is 0.476 e. The Morgan fingerprint density at radius 3 is 1.64 bits per heavy atom. The van der Waals surface area contributed by atoms with Crippen LogP contribution in [0.1, 0.15) is 13.8 Å². The van der Waals surface area contributed by atoms with Gasteiger partial charge in [0.1, 0.15) is 0 Å². The molecule has 0 spiro atoms. The van der Waals surface area contributed by atoms with Gasteiger partial charge in [-0.25, -0.2) is 8.88 Å². The van der Waals surface area contributed by atoms with Gasteiger partial charge in [0.05, 0.1) is 5.66 Å². The van der Waals surface area contributed by atoms with Crippen molar-refractivity contribution in [3.63, 3.8) is 0 Å². The monoisotopic (exact) mass is 204 g/mol. The Hall–Kier alpha value is 0.300. The Balaban J connectivity index is 4.39. The van der Waals surface area contributed by atoms with Crippen LogP contribution >= 0.6 is 15.4 Å². The van der Waals surface area contributed by atoms with Gasteiger partial charge in [0, 0.05) is 0 Å². The van der Waals surface area contributed by atoms with Crippen LogP contribution in [-0.2, 0) is 13.4 Å². The first kappa shape index (κ1) is 11.3. The second kappa shape index (κ2) is 3.35. The molecule has 0 aliphatic rings. The van der Waals surface area contributed by atoms with E-state index in [1.165, 1.54) is 13.8 Å². The standard InChI is InChI=1S/C3H10O6P2/c1-3(2)10(4,5)9-11(6,7)8/h3H,1-2H3,(H,4,5)(H2,6,7,8). The predicted molar refractivity (Wildman–Crippen MR) is 38.1 cm³/mol. The highest BCUT2D eigenvalue weighted by Gasteiger charge is 2.33. The maximum absolute atomic E-state index is 10.8. The molecular weight excluding hydrogens is 194 g/mol. The van der Waals surface area contributed by atoms with E-state index in [2.05, 4.69) is 4.31 Å². The summed E-state index contributed by atoms with van der Waals surface area (Å²) in [5, 5.41) is 0. The van der Waals surface area contributed by atoms with E-state index in [1.807, 2.05) is 0 Å². The number of hydrogen-bond acceptors (Lipinski definition) is 3. The molecule has 0 aliphatic heterocycles. The highest BCUT2D eigenvalue weighted by atomic mass is 31.3. The topological polar surface area (TPSA) is 104 Å². The third kappa shape index (κ3) is 4.69. The lowest BCUT2D eigenvalue weighted by molar-refractivity contribution is 0.260. The molecule has 11 heavy (non-hydrogen) atoms. The molecular formula is C3H10O6P2. The van der Waals surface area contributed by atoms with Crippen LogP contribution in [0.25, 0.3) is 0 Å². The van der Waals surface area contributed by atoms with Gasteiger partial charge in [-0.2, -0.15) is 0 Å². The highest BCUT2D eigenvalue weighted by molar-refractivity contribution is 7.64. The highest BCUT2D eigenvalue weighted by Crippen LogP contribution is 2.59. The van der Waals surface area contributed by atoms with E-state index >= 15 is 0 Å². The second-order valence-corrected chi connectivity index (χ2v) is 6.03. The minimum absolute atomic E-state index is 0.824. The van der Waals surface area contributed by atoms with Crippen molar-refractivity contribution in [3.8, 4) is 0 Å². The van der Waals surface area contributed by atoms with Crippen LogP contribution in [0, 0.1) is 0 Å². The van der Waals surface area contributed by atoms with E-state index in [0.717, 1.165) is 0 Å². The van der Waals surface area contributed by atoms with Crippen molar-refractivity contribution < 1.29 is 28.1 Å². The molecule has 0 aromatic heterocycles. The Kier molecular flexibility index (Phi) is 3.44. The molecule has 1 atom stereocenters. The van der Waals surface area contributed by atoms with Gasteiger partial charge in [-0.3, -0.25) is 4.57 Å². The Bertz CT molecular complexity index is 216. The molecule has 0 radical (unpaired) electrons. The maximum atomic E-state index is 10.8. The van der Waals surface area contributed by atoms with Gasteiger partial charge in [-0.15, -0.1) is 0 Å². The third-order valence-electron chi connectivity index (χ3n) is 0.876. The molecule has 0 saturated heterocycles. The van der Waals surface area contributed by atoms with Crippen molar-refractivity contribution in [2.24, 2.45) is 0 Å². The van der Waals surface area contributed by atoms with Crippen molar-refractivity contribution in [3.05, 3.63) is 0 Å². The van der Waals surface area contributed by atoms with Gasteiger partial charge >= 0.3 is 15.4 Å². The van der Waals surface area contributed by atoms with E-state index in [0.29, 0.717) is 0 Å². The van der Waals surface area contributed by atoms with Gasteiger partial charge in [0.2, 0.25) is 0 Å². The molecule has 0 aliphatic carbocycles. The molecule has 0 heterocycles. The van der Waals surface area contributed by atoms with E-state index in [1.54, 1.807) is 0 Å². The second-order valence-electron chi connectivity index (χ2n) is 2.23. The molecule has 68 valence electrons. The fourth-order valence-electron chi connectivity index (χ4n) is 0.247. The van der Waals surface area contributed by atoms with Crippen molar-refractivity contribution in [2.45, 2.75) is 19.5 Å². The summed E-state index contributed by atoms with van der Waals surface area (Å²) in [5.74, 6) is 0. The Labute approximate surface area is 64.0 Å². The van der Waals surface area contributed by atoms with Gasteiger partial charge < -0.3 is 14.7 Å². The SMILES string of the molecule is CC(C)P(=O)(O)OP(=O)(O)O. The van der Waals surface area contributed by atoms with Crippen LogP contribution in [0.5, 0.6) is 0 Å². The minimum Gasteiger partial charge on any atom is -0.324 e. The Morgan fingerprint density at radius 2 is 1.55 bits per heavy atom. The van der Waals surface area contributed by atoms with Gasteiger partial charge in [0.15, 0.2) is 0 Å². The zero-order valence-corrected chi connectivity index (χ0v) is 7.83. The van der Waals surface area contributed by atoms with Crippen LogP contribution in [0.2, 0.25) is 0 Å². The molecule has 0 amide bonds. The first-order chi connectivity index (χ1) is 4.65. The van der Waals surface area contributed by atoms with Gasteiger partial charge in [-0.05, 0) is 0 Å². The summed E-state index contributed by atoms with van der Waals surface area (Å²) in [4.78, 5) is 25.1. The van der Waals surface area contributed by atoms with Crippen molar-refractivity contribution >= 4 is 15.4 Å². The molecule has 1 unspecified atom stereocenters. The summed E-state index contributed by atoms with van der Waals surface area (Å²) in [6.45, 7) is 2.66. The van der Waals surface area contributed by atoms with Crippen LogP contribution in [0.15, 0.2) is 0 Å². The van der Waals surface area contributed by atoms with Crippen molar-refractivity contribution in [1.82, 2.24) is 0 Å². The average Bonchev–Trinajstić information content (AvgIpc) is 1.56. The quantitative estimate of drug-likeness (QED) is 0.584. The summed E-state index contributed by atoms with van der Waals surface area (Å²) in [7, 11) is -9.00. The smallest absolute Gasteiger partial charge is 0.324 e.